The van der Waals surface area contributed by atoms with Crippen LogP contribution in [-0.4, -0.2) is 24.0 Å². The zero-order chi connectivity index (χ0) is 12.7. The number of urea groups is 1. The highest BCUT2D eigenvalue weighted by molar-refractivity contribution is 5.74. The number of benzene rings is 1. The van der Waals surface area contributed by atoms with Crippen molar-refractivity contribution in [3.8, 4) is 0 Å². The maximum atomic E-state index is 11.8. The highest BCUT2D eigenvalue weighted by Crippen LogP contribution is 2.07. The molecule has 1 aromatic carbocycles. The molecule has 0 aliphatic carbocycles. The van der Waals surface area contributed by atoms with Gasteiger partial charge in [0.2, 0.25) is 0 Å². The van der Waals surface area contributed by atoms with Gasteiger partial charge in [0.05, 0.1) is 0 Å². The van der Waals surface area contributed by atoms with Crippen molar-refractivity contribution in [3.63, 3.8) is 0 Å². The molecule has 1 rings (SSSR count). The van der Waals surface area contributed by atoms with Crippen molar-refractivity contribution >= 4 is 6.03 Å². The van der Waals surface area contributed by atoms with Crippen LogP contribution < -0.4 is 11.1 Å². The Labute approximate surface area is 103 Å². The summed E-state index contributed by atoms with van der Waals surface area (Å²) in [5.41, 5.74) is 7.80. The van der Waals surface area contributed by atoms with Gasteiger partial charge in [0.25, 0.3) is 0 Å². The number of rotatable bonds is 5. The van der Waals surface area contributed by atoms with Crippen LogP contribution in [0.25, 0.3) is 0 Å². The number of nitrogens with one attached hydrogen (secondary N) is 1. The number of nitrogens with two attached hydrogens (primary N) is 1. The molecule has 1 aromatic rings. The predicted molar refractivity (Wildman–Crippen MR) is 69.5 cm³/mol. The zero-order valence-corrected chi connectivity index (χ0v) is 10.6. The van der Waals surface area contributed by atoms with Gasteiger partial charge in [0, 0.05) is 26.2 Å². The van der Waals surface area contributed by atoms with Gasteiger partial charge in [-0.15, -0.1) is 0 Å². The van der Waals surface area contributed by atoms with E-state index >= 15 is 0 Å². The van der Waals surface area contributed by atoms with Crippen molar-refractivity contribution in [2.75, 3.05) is 13.1 Å². The molecule has 4 nitrogen and oxygen atoms in total. The van der Waals surface area contributed by atoms with E-state index < -0.39 is 0 Å². The summed E-state index contributed by atoms with van der Waals surface area (Å²) in [7, 11) is 0. The Morgan fingerprint density at radius 2 is 1.82 bits per heavy atom. The summed E-state index contributed by atoms with van der Waals surface area (Å²) in [5.74, 6) is 0. The highest BCUT2D eigenvalue weighted by Gasteiger charge is 2.08. The van der Waals surface area contributed by atoms with Crippen molar-refractivity contribution in [3.05, 3.63) is 35.4 Å². The summed E-state index contributed by atoms with van der Waals surface area (Å²) in [5, 5.41) is 2.91. The lowest BCUT2D eigenvalue weighted by Crippen LogP contribution is -2.39. The zero-order valence-electron chi connectivity index (χ0n) is 10.6. The summed E-state index contributed by atoms with van der Waals surface area (Å²) in [6.07, 6.45) is 0. The molecule has 0 aliphatic heterocycles. The average Bonchev–Trinajstić information content (AvgIpc) is 2.38. The van der Waals surface area contributed by atoms with E-state index in [0.717, 1.165) is 24.2 Å². The van der Waals surface area contributed by atoms with E-state index in [9.17, 15) is 4.79 Å². The fourth-order valence-electron chi connectivity index (χ4n) is 1.72. The van der Waals surface area contributed by atoms with Crippen LogP contribution in [0.1, 0.15) is 25.0 Å². The average molecular weight is 235 g/mol. The first-order valence-electron chi connectivity index (χ1n) is 6.02. The second-order valence-electron chi connectivity index (χ2n) is 3.80. The Morgan fingerprint density at radius 1 is 1.24 bits per heavy atom. The van der Waals surface area contributed by atoms with E-state index in [4.69, 9.17) is 5.73 Å². The maximum Gasteiger partial charge on any atom is 0.317 e. The van der Waals surface area contributed by atoms with E-state index in [1.54, 1.807) is 4.90 Å². The summed E-state index contributed by atoms with van der Waals surface area (Å²) in [6, 6.07) is 7.86. The van der Waals surface area contributed by atoms with Crippen molar-refractivity contribution in [2.45, 2.75) is 26.9 Å². The number of nitrogens with zero attached hydrogens (tertiary/aromatic N) is 1. The number of amides is 2. The van der Waals surface area contributed by atoms with Gasteiger partial charge in [-0.1, -0.05) is 24.3 Å². The minimum Gasteiger partial charge on any atom is -0.334 e. The van der Waals surface area contributed by atoms with Crippen molar-refractivity contribution < 1.29 is 4.79 Å². The minimum absolute atomic E-state index is 0.0261. The van der Waals surface area contributed by atoms with Crippen LogP contribution in [0.5, 0.6) is 0 Å². The maximum absolute atomic E-state index is 11.8. The molecule has 2 amide bonds. The van der Waals surface area contributed by atoms with Crippen LogP contribution in [0, 0.1) is 0 Å². The molecule has 0 fully saturated rings. The van der Waals surface area contributed by atoms with Gasteiger partial charge >= 0.3 is 6.03 Å². The van der Waals surface area contributed by atoms with Crippen molar-refractivity contribution in [1.82, 2.24) is 10.2 Å². The van der Waals surface area contributed by atoms with Crippen LogP contribution in [0.4, 0.5) is 4.79 Å². The summed E-state index contributed by atoms with van der Waals surface area (Å²) in [4.78, 5) is 13.5. The molecule has 0 unspecified atom stereocenters. The Bertz CT molecular complexity index is 361. The summed E-state index contributed by atoms with van der Waals surface area (Å²) < 4.78 is 0. The minimum atomic E-state index is -0.0261. The molecule has 0 heterocycles. The smallest absolute Gasteiger partial charge is 0.317 e. The van der Waals surface area contributed by atoms with Gasteiger partial charge in [0.15, 0.2) is 0 Å². The fourth-order valence-corrected chi connectivity index (χ4v) is 1.72. The lowest BCUT2D eigenvalue weighted by atomic mass is 10.1. The quantitative estimate of drug-likeness (QED) is 0.816. The van der Waals surface area contributed by atoms with Crippen LogP contribution in [0.3, 0.4) is 0 Å². The van der Waals surface area contributed by atoms with Gasteiger partial charge in [0.1, 0.15) is 0 Å². The Kier molecular flexibility index (Phi) is 5.49. The second-order valence-corrected chi connectivity index (χ2v) is 3.80. The highest BCUT2D eigenvalue weighted by atomic mass is 16.2. The van der Waals surface area contributed by atoms with Crippen molar-refractivity contribution in [2.24, 2.45) is 5.73 Å². The van der Waals surface area contributed by atoms with Gasteiger partial charge in [-0.3, -0.25) is 0 Å². The monoisotopic (exact) mass is 235 g/mol. The molecule has 4 heteroatoms. The first-order chi connectivity index (χ1) is 8.22. The molecule has 0 spiro atoms. The van der Waals surface area contributed by atoms with Crippen LogP contribution >= 0.6 is 0 Å². The van der Waals surface area contributed by atoms with Gasteiger partial charge in [-0.25, -0.2) is 4.79 Å². The molecule has 0 aromatic heterocycles. The van der Waals surface area contributed by atoms with Gasteiger partial charge < -0.3 is 16.0 Å². The first kappa shape index (κ1) is 13.5. The molecule has 0 radical (unpaired) electrons. The fraction of sp³-hybridized carbons (Fsp3) is 0.462. The van der Waals surface area contributed by atoms with Crippen LogP contribution in [0.15, 0.2) is 24.3 Å². The van der Waals surface area contributed by atoms with E-state index in [1.165, 1.54) is 0 Å². The summed E-state index contributed by atoms with van der Waals surface area (Å²) >= 11 is 0. The van der Waals surface area contributed by atoms with Gasteiger partial charge in [-0.2, -0.15) is 0 Å². The molecule has 0 atom stereocenters. The predicted octanol–water partition coefficient (Wildman–Crippen LogP) is 1.70. The number of carbonyl (C=O) groups is 1. The topological polar surface area (TPSA) is 58.4 Å². The van der Waals surface area contributed by atoms with E-state index in [0.29, 0.717) is 13.1 Å². The van der Waals surface area contributed by atoms with Gasteiger partial charge in [-0.05, 0) is 25.0 Å². The third-order valence-corrected chi connectivity index (χ3v) is 2.82. The first-order valence-corrected chi connectivity index (χ1v) is 6.02. The lowest BCUT2D eigenvalue weighted by molar-refractivity contribution is 0.203. The second kappa shape index (κ2) is 6.91. The third-order valence-electron chi connectivity index (χ3n) is 2.82. The molecule has 3 N–H and O–H groups in total. The Balaban J connectivity index is 2.58. The molecular weight excluding hydrogens is 214 g/mol. The normalized spacial score (nSPS) is 10.1. The summed E-state index contributed by atoms with van der Waals surface area (Å²) in [6.45, 7) is 6.41. The molecule has 0 bridgehead atoms. The standard InChI is InChI=1S/C13H21N3O/c1-3-16(4-2)13(17)15-10-12-8-6-5-7-11(12)9-14/h5-8H,3-4,9-10,14H2,1-2H3,(H,15,17). The number of hydrogen-bond acceptors (Lipinski definition) is 2. The Hall–Kier alpha value is -1.55. The van der Waals surface area contributed by atoms with Crippen molar-refractivity contribution in [1.29, 1.82) is 0 Å². The third kappa shape index (κ3) is 3.75. The Morgan fingerprint density at radius 3 is 2.35 bits per heavy atom. The van der Waals surface area contributed by atoms with E-state index in [-0.39, 0.29) is 6.03 Å². The largest absolute Gasteiger partial charge is 0.334 e. The molecular formula is C13H21N3O. The van der Waals surface area contributed by atoms with E-state index in [2.05, 4.69) is 5.32 Å². The van der Waals surface area contributed by atoms with Crippen LogP contribution in [0.2, 0.25) is 0 Å². The molecule has 17 heavy (non-hydrogen) atoms. The molecule has 0 aliphatic rings. The molecule has 94 valence electrons. The molecule has 0 saturated carbocycles. The molecule has 0 saturated heterocycles. The number of hydrogen-bond donors (Lipinski definition) is 2. The number of carbonyl (C=O) groups excluding carboxylic acids is 1. The lowest BCUT2D eigenvalue weighted by Gasteiger charge is -2.19. The van der Waals surface area contributed by atoms with Crippen LogP contribution in [-0.2, 0) is 13.1 Å². The SMILES string of the molecule is CCN(CC)C(=O)NCc1ccccc1CN. The van der Waals surface area contributed by atoms with E-state index in [1.807, 2.05) is 38.1 Å².